The maximum absolute atomic E-state index is 12.5. The molecule has 0 radical (unpaired) electrons. The lowest BCUT2D eigenvalue weighted by Gasteiger charge is -2.22. The SMILES string of the molecule is CNCc1cc(C(F)(F)F)nn1C(C)(C)C. The van der Waals surface area contributed by atoms with Crippen molar-refractivity contribution in [1.82, 2.24) is 15.1 Å². The van der Waals surface area contributed by atoms with Crippen molar-refractivity contribution in [3.8, 4) is 0 Å². The maximum atomic E-state index is 12.5. The number of aromatic nitrogens is 2. The Labute approximate surface area is 92.6 Å². The molecule has 16 heavy (non-hydrogen) atoms. The fraction of sp³-hybridized carbons (Fsp3) is 0.700. The van der Waals surface area contributed by atoms with Gasteiger partial charge in [0.15, 0.2) is 5.69 Å². The minimum Gasteiger partial charge on any atom is -0.314 e. The molecule has 0 aliphatic carbocycles. The number of hydrogen-bond acceptors (Lipinski definition) is 2. The van der Waals surface area contributed by atoms with Gasteiger partial charge in [-0.1, -0.05) is 0 Å². The normalized spacial score (nSPS) is 13.2. The van der Waals surface area contributed by atoms with Crippen molar-refractivity contribution in [2.45, 2.75) is 39.0 Å². The van der Waals surface area contributed by atoms with E-state index in [9.17, 15) is 13.2 Å². The number of nitrogens with one attached hydrogen (secondary N) is 1. The van der Waals surface area contributed by atoms with Crippen LogP contribution in [0.25, 0.3) is 0 Å². The second-order valence-electron chi connectivity index (χ2n) is 4.63. The first-order chi connectivity index (χ1) is 7.16. The molecule has 0 spiro atoms. The van der Waals surface area contributed by atoms with Gasteiger partial charge in [0.2, 0.25) is 0 Å². The molecule has 1 N–H and O–H groups in total. The van der Waals surface area contributed by atoms with Gasteiger partial charge in [-0.25, -0.2) is 0 Å². The Morgan fingerprint density at radius 3 is 2.25 bits per heavy atom. The molecule has 1 aromatic heterocycles. The standard InChI is InChI=1S/C10H16F3N3/c1-9(2,3)16-7(6-14-4)5-8(15-16)10(11,12)13/h5,14H,6H2,1-4H3. The lowest BCUT2D eigenvalue weighted by molar-refractivity contribution is -0.141. The third kappa shape index (κ3) is 2.75. The fourth-order valence-electron chi connectivity index (χ4n) is 1.45. The van der Waals surface area contributed by atoms with Crippen LogP contribution < -0.4 is 5.32 Å². The van der Waals surface area contributed by atoms with Gasteiger partial charge in [-0.3, -0.25) is 4.68 Å². The zero-order chi connectivity index (χ0) is 12.6. The van der Waals surface area contributed by atoms with Crippen molar-refractivity contribution in [1.29, 1.82) is 0 Å². The van der Waals surface area contributed by atoms with Gasteiger partial charge in [-0.15, -0.1) is 0 Å². The summed E-state index contributed by atoms with van der Waals surface area (Å²) in [4.78, 5) is 0. The molecule has 6 heteroatoms. The number of nitrogens with zero attached hydrogens (tertiary/aromatic N) is 2. The first kappa shape index (κ1) is 13.0. The molecule has 1 heterocycles. The van der Waals surface area contributed by atoms with Gasteiger partial charge in [-0.05, 0) is 33.9 Å². The Morgan fingerprint density at radius 1 is 1.31 bits per heavy atom. The summed E-state index contributed by atoms with van der Waals surface area (Å²) in [5, 5.41) is 6.46. The van der Waals surface area contributed by atoms with E-state index < -0.39 is 17.4 Å². The minimum atomic E-state index is -4.39. The summed E-state index contributed by atoms with van der Waals surface area (Å²) in [6, 6.07) is 1.09. The van der Waals surface area contributed by atoms with Gasteiger partial charge in [-0.2, -0.15) is 18.3 Å². The summed E-state index contributed by atoms with van der Waals surface area (Å²) in [7, 11) is 1.69. The molecule has 0 fully saturated rings. The molecule has 0 amide bonds. The van der Waals surface area contributed by atoms with Crippen LogP contribution >= 0.6 is 0 Å². The highest BCUT2D eigenvalue weighted by molar-refractivity contribution is 5.14. The van der Waals surface area contributed by atoms with Crippen molar-refractivity contribution < 1.29 is 13.2 Å². The number of rotatable bonds is 2. The second kappa shape index (κ2) is 4.08. The van der Waals surface area contributed by atoms with Crippen LogP contribution in [-0.4, -0.2) is 16.8 Å². The van der Waals surface area contributed by atoms with Gasteiger partial charge < -0.3 is 5.32 Å². The number of halogens is 3. The molecule has 1 aromatic rings. The van der Waals surface area contributed by atoms with Crippen LogP contribution in [-0.2, 0) is 18.3 Å². The Hall–Kier alpha value is -1.04. The molecule has 0 aliphatic heterocycles. The van der Waals surface area contributed by atoms with Gasteiger partial charge in [0, 0.05) is 6.54 Å². The number of hydrogen-bond donors (Lipinski definition) is 1. The average molecular weight is 235 g/mol. The Morgan fingerprint density at radius 2 is 1.88 bits per heavy atom. The molecule has 0 saturated heterocycles. The molecule has 3 nitrogen and oxygen atoms in total. The second-order valence-corrected chi connectivity index (χ2v) is 4.63. The molecule has 0 atom stereocenters. The van der Waals surface area contributed by atoms with Crippen molar-refractivity contribution in [2.24, 2.45) is 0 Å². The van der Waals surface area contributed by atoms with Gasteiger partial charge in [0.25, 0.3) is 0 Å². The van der Waals surface area contributed by atoms with Gasteiger partial charge >= 0.3 is 6.18 Å². The Balaban J connectivity index is 3.21. The Bertz CT molecular complexity index is 360. The molecule has 0 unspecified atom stereocenters. The van der Waals surface area contributed by atoms with Crippen LogP contribution in [0.15, 0.2) is 6.07 Å². The van der Waals surface area contributed by atoms with Gasteiger partial charge in [0.05, 0.1) is 11.2 Å². The summed E-state index contributed by atoms with van der Waals surface area (Å²) in [5.74, 6) is 0. The summed E-state index contributed by atoms with van der Waals surface area (Å²) in [6.07, 6.45) is -4.39. The van der Waals surface area contributed by atoms with Crippen LogP contribution in [0.5, 0.6) is 0 Å². The van der Waals surface area contributed by atoms with E-state index >= 15 is 0 Å². The van der Waals surface area contributed by atoms with E-state index in [1.807, 2.05) is 20.8 Å². The van der Waals surface area contributed by atoms with E-state index in [4.69, 9.17) is 0 Å². The van der Waals surface area contributed by atoms with Crippen LogP contribution in [0.2, 0.25) is 0 Å². The van der Waals surface area contributed by atoms with Crippen LogP contribution in [0.1, 0.15) is 32.2 Å². The van der Waals surface area contributed by atoms with E-state index in [1.54, 1.807) is 7.05 Å². The topological polar surface area (TPSA) is 29.9 Å². The summed E-state index contributed by atoms with van der Waals surface area (Å²) >= 11 is 0. The Kier molecular flexibility index (Phi) is 3.33. The highest BCUT2D eigenvalue weighted by Gasteiger charge is 2.36. The third-order valence-corrected chi connectivity index (χ3v) is 2.07. The number of alkyl halides is 3. The molecule has 1 rings (SSSR count). The van der Waals surface area contributed by atoms with Crippen molar-refractivity contribution >= 4 is 0 Å². The molecular weight excluding hydrogens is 219 g/mol. The largest absolute Gasteiger partial charge is 0.435 e. The van der Waals surface area contributed by atoms with Crippen molar-refractivity contribution in [3.05, 3.63) is 17.5 Å². The van der Waals surface area contributed by atoms with E-state index in [0.717, 1.165) is 6.07 Å². The summed E-state index contributed by atoms with van der Waals surface area (Å²) in [5.41, 5.74) is -0.773. The lowest BCUT2D eigenvalue weighted by Crippen LogP contribution is -2.27. The molecule has 0 aliphatic rings. The van der Waals surface area contributed by atoms with Crippen molar-refractivity contribution in [2.75, 3.05) is 7.05 Å². The van der Waals surface area contributed by atoms with Crippen molar-refractivity contribution in [3.63, 3.8) is 0 Å². The molecule has 0 bridgehead atoms. The molecule has 0 saturated carbocycles. The highest BCUT2D eigenvalue weighted by atomic mass is 19.4. The van der Waals surface area contributed by atoms with E-state index in [2.05, 4.69) is 10.4 Å². The average Bonchev–Trinajstić information content (AvgIpc) is 2.46. The van der Waals surface area contributed by atoms with E-state index in [-0.39, 0.29) is 0 Å². The van der Waals surface area contributed by atoms with Gasteiger partial charge in [0.1, 0.15) is 0 Å². The first-order valence-corrected chi connectivity index (χ1v) is 4.97. The van der Waals surface area contributed by atoms with Crippen LogP contribution in [0.3, 0.4) is 0 Å². The lowest BCUT2D eigenvalue weighted by atomic mass is 10.1. The van der Waals surface area contributed by atoms with Crippen LogP contribution in [0, 0.1) is 0 Å². The fourth-order valence-corrected chi connectivity index (χ4v) is 1.45. The summed E-state index contributed by atoms with van der Waals surface area (Å²) in [6.45, 7) is 5.82. The monoisotopic (exact) mass is 235 g/mol. The predicted octanol–water partition coefficient (Wildman–Crippen LogP) is 2.38. The van der Waals surface area contributed by atoms with Crippen LogP contribution in [0.4, 0.5) is 13.2 Å². The molecule has 0 aromatic carbocycles. The van der Waals surface area contributed by atoms with E-state index in [1.165, 1.54) is 4.68 Å². The third-order valence-electron chi connectivity index (χ3n) is 2.07. The predicted molar refractivity (Wildman–Crippen MR) is 55.0 cm³/mol. The van der Waals surface area contributed by atoms with E-state index in [0.29, 0.717) is 12.2 Å². The molecule has 92 valence electrons. The zero-order valence-corrected chi connectivity index (χ0v) is 9.81. The smallest absolute Gasteiger partial charge is 0.314 e. The zero-order valence-electron chi connectivity index (χ0n) is 9.81. The quantitative estimate of drug-likeness (QED) is 0.852. The first-order valence-electron chi connectivity index (χ1n) is 4.97. The molecular formula is C10H16F3N3. The summed E-state index contributed by atoms with van der Waals surface area (Å²) < 4.78 is 38.9. The minimum absolute atomic E-state index is 0.361. The highest BCUT2D eigenvalue weighted by Crippen LogP contribution is 2.30. The maximum Gasteiger partial charge on any atom is 0.435 e.